The van der Waals surface area contributed by atoms with Gasteiger partial charge < -0.3 is 4.90 Å². The van der Waals surface area contributed by atoms with E-state index in [1.165, 1.54) is 8.61 Å². The number of hydrogen-bond donors (Lipinski definition) is 0. The van der Waals surface area contributed by atoms with Gasteiger partial charge in [0.1, 0.15) is 0 Å². The number of aromatic nitrogens is 2. The summed E-state index contributed by atoms with van der Waals surface area (Å²) in [5.41, 5.74) is 0.831. The van der Waals surface area contributed by atoms with Crippen molar-refractivity contribution in [1.82, 2.24) is 23.5 Å². The van der Waals surface area contributed by atoms with Gasteiger partial charge in [-0.05, 0) is 37.5 Å². The number of hydrogen-bond acceptors (Lipinski definition) is 5. The lowest BCUT2D eigenvalue weighted by Gasteiger charge is -2.35. The summed E-state index contributed by atoms with van der Waals surface area (Å²) in [5.74, 6) is 1.03. The highest BCUT2D eigenvalue weighted by Gasteiger charge is 2.43. The van der Waals surface area contributed by atoms with Crippen LogP contribution in [0.1, 0.15) is 31.4 Å². The molecule has 2 aliphatic rings. The summed E-state index contributed by atoms with van der Waals surface area (Å²) in [6.45, 7) is 1.49. The van der Waals surface area contributed by atoms with E-state index in [1.807, 2.05) is 4.90 Å². The molecule has 1 saturated heterocycles. The maximum Gasteiger partial charge on any atom is 0.281 e. The molecule has 1 amide bonds. The maximum atomic E-state index is 12.6. The molecule has 1 aliphatic carbocycles. The van der Waals surface area contributed by atoms with E-state index in [1.54, 1.807) is 39.7 Å². The molecular weight excluding hydrogens is 366 g/mol. The third kappa shape index (κ3) is 4.47. The molecular formula is C18H29N5O3S. The van der Waals surface area contributed by atoms with Gasteiger partial charge in [-0.1, -0.05) is 0 Å². The van der Waals surface area contributed by atoms with Gasteiger partial charge in [-0.3, -0.25) is 14.8 Å². The van der Waals surface area contributed by atoms with Crippen molar-refractivity contribution in [3.05, 3.63) is 24.3 Å². The Morgan fingerprint density at radius 2 is 1.96 bits per heavy atom. The van der Waals surface area contributed by atoms with Gasteiger partial charge in [0.2, 0.25) is 5.91 Å². The lowest BCUT2D eigenvalue weighted by molar-refractivity contribution is -0.133. The summed E-state index contributed by atoms with van der Waals surface area (Å²) in [4.78, 5) is 22.8. The lowest BCUT2D eigenvalue weighted by atomic mass is 9.88. The van der Waals surface area contributed by atoms with Gasteiger partial charge in [0, 0.05) is 65.3 Å². The monoisotopic (exact) mass is 395 g/mol. The average molecular weight is 396 g/mol. The predicted octanol–water partition coefficient (Wildman–Crippen LogP) is 0.775. The van der Waals surface area contributed by atoms with E-state index < -0.39 is 10.2 Å². The fourth-order valence-corrected chi connectivity index (χ4v) is 5.34. The number of aryl methyl sites for hydroxylation is 1. The Hall–Kier alpha value is -1.58. The van der Waals surface area contributed by atoms with Gasteiger partial charge in [0.05, 0.1) is 5.69 Å². The molecule has 0 radical (unpaired) electrons. The van der Waals surface area contributed by atoms with Crippen LogP contribution < -0.4 is 0 Å². The van der Waals surface area contributed by atoms with Crippen molar-refractivity contribution in [2.75, 3.05) is 34.2 Å². The molecule has 0 aromatic carbocycles. The smallest absolute Gasteiger partial charge is 0.281 e. The summed E-state index contributed by atoms with van der Waals surface area (Å²) >= 11 is 0. The molecule has 9 heteroatoms. The van der Waals surface area contributed by atoms with Crippen molar-refractivity contribution in [3.8, 4) is 0 Å². The fraction of sp³-hybridized carbons (Fsp3) is 0.722. The maximum absolute atomic E-state index is 12.6. The van der Waals surface area contributed by atoms with Gasteiger partial charge in [0.15, 0.2) is 0 Å². The van der Waals surface area contributed by atoms with Crippen LogP contribution >= 0.6 is 0 Å². The van der Waals surface area contributed by atoms with Crippen LogP contribution in [0.3, 0.4) is 0 Å². The van der Waals surface area contributed by atoms with Crippen LogP contribution in [0.15, 0.2) is 18.6 Å². The zero-order valence-electron chi connectivity index (χ0n) is 16.3. The molecule has 150 valence electrons. The summed E-state index contributed by atoms with van der Waals surface area (Å²) in [6, 6.07) is 0.0158. The Kier molecular flexibility index (Phi) is 6.12. The first-order valence-electron chi connectivity index (χ1n) is 9.47. The highest BCUT2D eigenvalue weighted by Crippen LogP contribution is 2.40. The third-order valence-corrected chi connectivity index (χ3v) is 7.89. The van der Waals surface area contributed by atoms with Gasteiger partial charge in [0.25, 0.3) is 10.2 Å². The van der Waals surface area contributed by atoms with Gasteiger partial charge >= 0.3 is 0 Å². The first-order chi connectivity index (χ1) is 12.8. The normalized spacial score (nSPS) is 25.8. The van der Waals surface area contributed by atoms with E-state index in [9.17, 15) is 13.2 Å². The number of amides is 1. The second-order valence-electron chi connectivity index (χ2n) is 7.78. The van der Waals surface area contributed by atoms with Crippen LogP contribution in [0.2, 0.25) is 0 Å². The highest BCUT2D eigenvalue weighted by molar-refractivity contribution is 7.86. The number of carbonyl (C=O) groups excluding carboxylic acids is 1. The van der Waals surface area contributed by atoms with Crippen molar-refractivity contribution in [2.45, 2.75) is 38.1 Å². The van der Waals surface area contributed by atoms with Crippen molar-refractivity contribution in [1.29, 1.82) is 0 Å². The van der Waals surface area contributed by atoms with Gasteiger partial charge in [-0.15, -0.1) is 0 Å². The quantitative estimate of drug-likeness (QED) is 0.710. The van der Waals surface area contributed by atoms with Crippen molar-refractivity contribution in [3.63, 3.8) is 0 Å². The molecule has 3 atom stereocenters. The van der Waals surface area contributed by atoms with Crippen LogP contribution in [0.4, 0.5) is 0 Å². The highest BCUT2D eigenvalue weighted by atomic mass is 32.2. The zero-order chi connectivity index (χ0) is 19.6. The van der Waals surface area contributed by atoms with E-state index in [4.69, 9.17) is 0 Å². The zero-order valence-corrected chi connectivity index (χ0v) is 17.1. The first kappa shape index (κ1) is 20.2. The molecule has 1 aromatic rings. The SMILES string of the molecule is CN(C)S(=O)(=O)N(C)[C@H]1C[C@H]2CCN(C(=O)CCc3cnccn3)C[C@H]2C1. The Balaban J connectivity index is 1.54. The van der Waals surface area contributed by atoms with Crippen LogP contribution in [0.5, 0.6) is 0 Å². The Morgan fingerprint density at radius 1 is 1.22 bits per heavy atom. The fourth-order valence-electron chi connectivity index (χ4n) is 4.27. The van der Waals surface area contributed by atoms with Crippen LogP contribution in [-0.4, -0.2) is 78.1 Å². The number of carbonyl (C=O) groups is 1. The van der Waals surface area contributed by atoms with Crippen LogP contribution in [-0.2, 0) is 21.4 Å². The molecule has 1 aromatic heterocycles. The second-order valence-corrected chi connectivity index (χ2v) is 9.98. The standard InChI is InChI=1S/C18H29N5O3S/c1-21(2)27(25,26)22(3)17-10-14-6-9-23(13-15(14)11-17)18(24)5-4-16-12-19-7-8-20-16/h7-8,12,14-15,17H,4-6,9-11,13H2,1-3H3/t14-,15-,17+/m1/s1. The Labute approximate surface area is 161 Å². The van der Waals surface area contributed by atoms with Crippen molar-refractivity contribution < 1.29 is 13.2 Å². The number of nitrogens with zero attached hydrogens (tertiary/aromatic N) is 5. The summed E-state index contributed by atoms with van der Waals surface area (Å²) in [6.07, 6.45) is 8.66. The largest absolute Gasteiger partial charge is 0.342 e. The molecule has 1 saturated carbocycles. The molecule has 3 rings (SSSR count). The predicted molar refractivity (Wildman–Crippen MR) is 102 cm³/mol. The lowest BCUT2D eigenvalue weighted by Crippen LogP contribution is -2.43. The minimum atomic E-state index is -3.40. The first-order valence-corrected chi connectivity index (χ1v) is 10.9. The van der Waals surface area contributed by atoms with Crippen molar-refractivity contribution >= 4 is 16.1 Å². The molecule has 8 nitrogen and oxygen atoms in total. The summed E-state index contributed by atoms with van der Waals surface area (Å²) in [7, 11) is 1.39. The molecule has 0 spiro atoms. The van der Waals surface area contributed by atoms with E-state index in [-0.39, 0.29) is 11.9 Å². The van der Waals surface area contributed by atoms with E-state index in [0.717, 1.165) is 38.0 Å². The van der Waals surface area contributed by atoms with Crippen molar-refractivity contribution in [2.24, 2.45) is 11.8 Å². The summed E-state index contributed by atoms with van der Waals surface area (Å²) in [5, 5.41) is 0. The summed E-state index contributed by atoms with van der Waals surface area (Å²) < 4.78 is 27.6. The Morgan fingerprint density at radius 3 is 2.63 bits per heavy atom. The van der Waals surface area contributed by atoms with E-state index >= 15 is 0 Å². The third-order valence-electron chi connectivity index (χ3n) is 5.94. The van der Waals surface area contributed by atoms with E-state index in [2.05, 4.69) is 9.97 Å². The minimum absolute atomic E-state index is 0.0158. The molecule has 0 N–H and O–H groups in total. The molecule has 2 heterocycles. The molecule has 0 unspecified atom stereocenters. The van der Waals surface area contributed by atoms with Gasteiger partial charge in [-0.25, -0.2) is 0 Å². The number of piperidine rings is 1. The Bertz CT molecular complexity index is 756. The second kappa shape index (κ2) is 8.20. The molecule has 2 fully saturated rings. The number of likely N-dealkylation sites (tertiary alicyclic amines) is 1. The molecule has 27 heavy (non-hydrogen) atoms. The molecule has 0 bridgehead atoms. The topological polar surface area (TPSA) is 86.7 Å². The molecule has 1 aliphatic heterocycles. The van der Waals surface area contributed by atoms with Crippen LogP contribution in [0, 0.1) is 11.8 Å². The number of fused-ring (bicyclic) bond motifs is 1. The minimum Gasteiger partial charge on any atom is -0.342 e. The number of rotatable bonds is 6. The average Bonchev–Trinajstić information content (AvgIpc) is 3.09. The van der Waals surface area contributed by atoms with Gasteiger partial charge in [-0.2, -0.15) is 17.0 Å². The van der Waals surface area contributed by atoms with Crippen LogP contribution in [0.25, 0.3) is 0 Å². The van der Waals surface area contributed by atoms with E-state index in [0.29, 0.717) is 24.7 Å².